The summed E-state index contributed by atoms with van der Waals surface area (Å²) in [6.45, 7) is 2.02. The average molecular weight is 530 g/mol. The van der Waals surface area contributed by atoms with Crippen molar-refractivity contribution in [2.45, 2.75) is 11.9 Å². The van der Waals surface area contributed by atoms with E-state index in [9.17, 15) is 10.1 Å². The number of nitrogens with zero attached hydrogens (tertiary/aromatic N) is 2. The number of pyridine rings is 1. The van der Waals surface area contributed by atoms with E-state index in [0.29, 0.717) is 32.7 Å². The van der Waals surface area contributed by atoms with Crippen molar-refractivity contribution in [3.8, 4) is 40.0 Å². The molecular formula is C29H24ClN3O3S. The number of carbonyl (C=O) groups excluding carboxylic acids is 1. The van der Waals surface area contributed by atoms with Gasteiger partial charge in [-0.05, 0) is 48.9 Å². The Balaban J connectivity index is 1.69. The topological polar surface area (TPSA) is 84.2 Å². The van der Waals surface area contributed by atoms with E-state index >= 15 is 0 Å². The molecule has 37 heavy (non-hydrogen) atoms. The van der Waals surface area contributed by atoms with Crippen molar-refractivity contribution in [3.63, 3.8) is 0 Å². The van der Waals surface area contributed by atoms with Crippen molar-refractivity contribution >= 4 is 35.0 Å². The van der Waals surface area contributed by atoms with E-state index in [0.717, 1.165) is 28.0 Å². The Labute approximate surface area is 225 Å². The van der Waals surface area contributed by atoms with Gasteiger partial charge in [-0.25, -0.2) is 4.98 Å². The molecule has 0 aliphatic carbocycles. The molecule has 0 bridgehead atoms. The Kier molecular flexibility index (Phi) is 8.34. The fourth-order valence-electron chi connectivity index (χ4n) is 3.70. The number of anilines is 1. The summed E-state index contributed by atoms with van der Waals surface area (Å²) < 4.78 is 10.6. The summed E-state index contributed by atoms with van der Waals surface area (Å²) >= 11 is 7.28. The highest BCUT2D eigenvalue weighted by Crippen LogP contribution is 2.35. The van der Waals surface area contributed by atoms with Gasteiger partial charge in [0, 0.05) is 16.1 Å². The third-order valence-electron chi connectivity index (χ3n) is 5.62. The maximum atomic E-state index is 12.8. The lowest BCUT2D eigenvalue weighted by Crippen LogP contribution is -2.15. The Morgan fingerprint density at radius 2 is 1.70 bits per heavy atom. The molecule has 0 atom stereocenters. The molecule has 4 aromatic rings. The maximum Gasteiger partial charge on any atom is 0.234 e. The monoisotopic (exact) mass is 529 g/mol. The van der Waals surface area contributed by atoms with E-state index in [1.54, 1.807) is 25.3 Å². The van der Waals surface area contributed by atoms with Gasteiger partial charge in [0.15, 0.2) is 0 Å². The van der Waals surface area contributed by atoms with Gasteiger partial charge in [-0.15, -0.1) is 0 Å². The molecule has 1 N–H and O–H groups in total. The van der Waals surface area contributed by atoms with Crippen LogP contribution in [-0.4, -0.2) is 30.9 Å². The fraction of sp³-hybridized carbons (Fsp3) is 0.138. The second-order valence-electron chi connectivity index (χ2n) is 8.12. The predicted octanol–water partition coefficient (Wildman–Crippen LogP) is 7.00. The molecule has 4 rings (SSSR count). The molecule has 0 saturated heterocycles. The van der Waals surface area contributed by atoms with E-state index in [4.69, 9.17) is 26.1 Å². The second kappa shape index (κ2) is 11.8. The summed E-state index contributed by atoms with van der Waals surface area (Å²) in [4.78, 5) is 17.6. The first kappa shape index (κ1) is 26.1. The summed E-state index contributed by atoms with van der Waals surface area (Å²) in [5.41, 5.74) is 5.22. The highest BCUT2D eigenvalue weighted by Gasteiger charge is 2.18. The van der Waals surface area contributed by atoms with Crippen LogP contribution in [0.1, 0.15) is 11.1 Å². The summed E-state index contributed by atoms with van der Waals surface area (Å²) in [6.07, 6.45) is 0. The van der Waals surface area contributed by atoms with Gasteiger partial charge in [0.25, 0.3) is 0 Å². The van der Waals surface area contributed by atoms with Gasteiger partial charge in [0.05, 0.1) is 36.9 Å². The molecule has 0 aliphatic rings. The highest BCUT2D eigenvalue weighted by atomic mass is 35.5. The number of hydrogen-bond acceptors (Lipinski definition) is 6. The zero-order chi connectivity index (χ0) is 26.4. The molecule has 0 unspecified atom stereocenters. The average Bonchev–Trinajstić information content (AvgIpc) is 2.92. The SMILES string of the molecule is COc1ccc(-c2cc(-c3ccc(C)cc3)nc(SCC(=O)Nc3cc(Cl)ccc3OC)c2C#N)cc1. The van der Waals surface area contributed by atoms with Crippen molar-refractivity contribution < 1.29 is 14.3 Å². The van der Waals surface area contributed by atoms with Gasteiger partial charge >= 0.3 is 0 Å². The second-order valence-corrected chi connectivity index (χ2v) is 9.52. The number of nitriles is 1. The van der Waals surface area contributed by atoms with Gasteiger partial charge in [0.1, 0.15) is 22.6 Å². The van der Waals surface area contributed by atoms with Crippen LogP contribution in [0, 0.1) is 18.3 Å². The minimum Gasteiger partial charge on any atom is -0.497 e. The van der Waals surface area contributed by atoms with Crippen LogP contribution in [0.3, 0.4) is 0 Å². The Hall–Kier alpha value is -3.99. The number of carbonyl (C=O) groups is 1. The van der Waals surface area contributed by atoms with Gasteiger partial charge in [0.2, 0.25) is 5.91 Å². The highest BCUT2D eigenvalue weighted by molar-refractivity contribution is 8.00. The van der Waals surface area contributed by atoms with Crippen molar-refractivity contribution in [1.29, 1.82) is 5.26 Å². The van der Waals surface area contributed by atoms with E-state index in [1.165, 1.54) is 18.9 Å². The lowest BCUT2D eigenvalue weighted by Gasteiger charge is -2.14. The molecule has 0 radical (unpaired) electrons. The van der Waals surface area contributed by atoms with E-state index in [-0.39, 0.29) is 11.7 Å². The Morgan fingerprint density at radius 3 is 2.35 bits per heavy atom. The first-order chi connectivity index (χ1) is 17.9. The molecule has 1 aromatic heterocycles. The van der Waals surface area contributed by atoms with E-state index in [2.05, 4.69) is 11.4 Å². The van der Waals surface area contributed by atoms with Crippen molar-refractivity contribution in [3.05, 3.63) is 88.9 Å². The first-order valence-corrected chi connectivity index (χ1v) is 12.7. The maximum absolute atomic E-state index is 12.8. The molecule has 1 heterocycles. The minimum absolute atomic E-state index is 0.0384. The van der Waals surface area contributed by atoms with Crippen LogP contribution < -0.4 is 14.8 Å². The Morgan fingerprint density at radius 1 is 1.00 bits per heavy atom. The molecular weight excluding hydrogens is 506 g/mol. The summed E-state index contributed by atoms with van der Waals surface area (Å²) in [5, 5.41) is 13.9. The lowest BCUT2D eigenvalue weighted by atomic mass is 9.99. The van der Waals surface area contributed by atoms with Gasteiger partial charge in [-0.3, -0.25) is 4.79 Å². The number of methoxy groups -OCH3 is 2. The Bertz CT molecular complexity index is 1470. The smallest absolute Gasteiger partial charge is 0.234 e. The minimum atomic E-state index is -0.275. The summed E-state index contributed by atoms with van der Waals surface area (Å²) in [7, 11) is 3.13. The summed E-state index contributed by atoms with van der Waals surface area (Å²) in [5.74, 6) is 0.985. The molecule has 6 nitrogen and oxygen atoms in total. The largest absolute Gasteiger partial charge is 0.497 e. The number of nitrogens with one attached hydrogen (secondary N) is 1. The lowest BCUT2D eigenvalue weighted by molar-refractivity contribution is -0.113. The van der Waals surface area contributed by atoms with Crippen LogP contribution in [0.5, 0.6) is 11.5 Å². The zero-order valence-electron chi connectivity index (χ0n) is 20.5. The molecule has 3 aromatic carbocycles. The van der Waals surface area contributed by atoms with Crippen molar-refractivity contribution in [2.24, 2.45) is 0 Å². The number of halogens is 1. The summed E-state index contributed by atoms with van der Waals surface area (Å²) in [6, 6.07) is 24.7. The van der Waals surface area contributed by atoms with Crippen LogP contribution in [0.4, 0.5) is 5.69 Å². The normalized spacial score (nSPS) is 10.5. The van der Waals surface area contributed by atoms with Crippen LogP contribution >= 0.6 is 23.4 Å². The van der Waals surface area contributed by atoms with Crippen LogP contribution in [0.15, 0.2) is 77.8 Å². The van der Waals surface area contributed by atoms with E-state index in [1.807, 2.05) is 61.5 Å². The van der Waals surface area contributed by atoms with Gasteiger partial charge < -0.3 is 14.8 Å². The van der Waals surface area contributed by atoms with Crippen LogP contribution in [0.2, 0.25) is 5.02 Å². The van der Waals surface area contributed by atoms with Gasteiger partial charge in [-0.2, -0.15) is 5.26 Å². The molecule has 0 aliphatic heterocycles. The predicted molar refractivity (Wildman–Crippen MR) is 148 cm³/mol. The number of thioether (sulfide) groups is 1. The quantitative estimate of drug-likeness (QED) is 0.247. The number of aryl methyl sites for hydroxylation is 1. The van der Waals surface area contributed by atoms with Gasteiger partial charge in [-0.1, -0.05) is 65.3 Å². The zero-order valence-corrected chi connectivity index (χ0v) is 22.1. The fourth-order valence-corrected chi connectivity index (χ4v) is 4.68. The number of aromatic nitrogens is 1. The third kappa shape index (κ3) is 6.23. The number of rotatable bonds is 8. The van der Waals surface area contributed by atoms with Crippen LogP contribution in [-0.2, 0) is 4.79 Å². The molecule has 0 fully saturated rings. The first-order valence-electron chi connectivity index (χ1n) is 11.3. The molecule has 0 spiro atoms. The standard InChI is InChI=1S/C29H24ClN3O3S/c1-18-4-6-20(7-5-18)25-15-23(19-8-11-22(35-2)12-9-19)24(16-31)29(33-25)37-17-28(34)32-26-14-21(30)10-13-27(26)36-3/h4-15H,17H2,1-3H3,(H,32,34). The number of hydrogen-bond donors (Lipinski definition) is 1. The molecule has 8 heteroatoms. The van der Waals surface area contributed by atoms with Crippen LogP contribution in [0.25, 0.3) is 22.4 Å². The van der Waals surface area contributed by atoms with Crippen molar-refractivity contribution in [1.82, 2.24) is 4.98 Å². The molecule has 0 saturated carbocycles. The van der Waals surface area contributed by atoms with E-state index < -0.39 is 0 Å². The number of ether oxygens (including phenoxy) is 2. The number of benzene rings is 3. The molecule has 1 amide bonds. The van der Waals surface area contributed by atoms with Crippen molar-refractivity contribution in [2.75, 3.05) is 25.3 Å². The number of amides is 1. The molecule has 186 valence electrons. The third-order valence-corrected chi connectivity index (χ3v) is 6.83.